The summed E-state index contributed by atoms with van der Waals surface area (Å²) in [4.78, 5) is 13.9. The Morgan fingerprint density at radius 1 is 1.33 bits per heavy atom. The second kappa shape index (κ2) is 6.91. The maximum Gasteiger partial charge on any atom is 0.267 e. The maximum absolute atomic E-state index is 12.3. The van der Waals surface area contributed by atoms with E-state index < -0.39 is 12.2 Å². The molecule has 0 aromatic heterocycles. The number of aliphatic hydroxyl groups excluding tert-OH is 1. The molecule has 1 aliphatic heterocycles. The Morgan fingerprint density at radius 2 is 2.05 bits per heavy atom. The average molecular weight is 292 g/mol. The first-order valence-electron chi connectivity index (χ1n) is 7.45. The van der Waals surface area contributed by atoms with Crippen LogP contribution < -0.4 is 15.0 Å². The van der Waals surface area contributed by atoms with E-state index in [0.717, 1.165) is 12.2 Å². The van der Waals surface area contributed by atoms with E-state index in [1.807, 2.05) is 24.3 Å². The second-order valence-corrected chi connectivity index (χ2v) is 5.88. The first-order chi connectivity index (χ1) is 9.99. The molecule has 2 unspecified atom stereocenters. The number of rotatable bonds is 6. The van der Waals surface area contributed by atoms with Crippen molar-refractivity contribution in [2.75, 3.05) is 24.5 Å². The molecule has 0 saturated heterocycles. The summed E-state index contributed by atoms with van der Waals surface area (Å²) in [6.07, 6.45) is -1.12. The van der Waals surface area contributed by atoms with E-state index >= 15 is 0 Å². The van der Waals surface area contributed by atoms with Crippen LogP contribution in [0.25, 0.3) is 0 Å². The van der Waals surface area contributed by atoms with Gasteiger partial charge in [-0.2, -0.15) is 0 Å². The number of amides is 1. The van der Waals surface area contributed by atoms with Crippen molar-refractivity contribution in [2.24, 2.45) is 5.92 Å². The van der Waals surface area contributed by atoms with Crippen LogP contribution in [0, 0.1) is 5.92 Å². The molecule has 0 spiro atoms. The molecule has 5 nitrogen and oxygen atoms in total. The lowest BCUT2D eigenvalue weighted by Crippen LogP contribution is -2.49. The fraction of sp³-hybridized carbons (Fsp3) is 0.562. The van der Waals surface area contributed by atoms with Crippen molar-refractivity contribution < 1.29 is 14.6 Å². The molecule has 1 aromatic rings. The molecule has 116 valence electrons. The van der Waals surface area contributed by atoms with Gasteiger partial charge in [-0.1, -0.05) is 26.0 Å². The number of β-amino-alcohol motifs (C(OH)–C–C–N with tert-alkyl or cyclic N) is 1. The highest BCUT2D eigenvalue weighted by Crippen LogP contribution is 2.33. The fourth-order valence-electron chi connectivity index (χ4n) is 2.36. The molecule has 1 heterocycles. The van der Waals surface area contributed by atoms with Crippen molar-refractivity contribution >= 4 is 11.6 Å². The molecule has 1 aromatic carbocycles. The monoisotopic (exact) mass is 292 g/mol. The lowest BCUT2D eigenvalue weighted by atomic mass is 10.1. The highest BCUT2D eigenvalue weighted by atomic mass is 16.5. The Bertz CT molecular complexity index is 490. The highest BCUT2D eigenvalue weighted by molar-refractivity contribution is 5.99. The van der Waals surface area contributed by atoms with Crippen molar-refractivity contribution in [3.8, 4) is 5.75 Å². The Labute approximate surface area is 125 Å². The Morgan fingerprint density at radius 3 is 2.76 bits per heavy atom. The van der Waals surface area contributed by atoms with Crippen LogP contribution in [-0.4, -0.2) is 42.9 Å². The lowest BCUT2D eigenvalue weighted by molar-refractivity contribution is -0.125. The number of aliphatic hydroxyl groups is 1. The van der Waals surface area contributed by atoms with E-state index in [-0.39, 0.29) is 12.5 Å². The number of hydrogen-bond acceptors (Lipinski definition) is 4. The van der Waals surface area contributed by atoms with Crippen molar-refractivity contribution in [3.63, 3.8) is 0 Å². The molecule has 1 aliphatic rings. The molecule has 5 heteroatoms. The number of carbonyl (C=O) groups is 1. The van der Waals surface area contributed by atoms with Gasteiger partial charge in [-0.05, 0) is 31.5 Å². The van der Waals surface area contributed by atoms with Crippen LogP contribution in [0.1, 0.15) is 20.8 Å². The van der Waals surface area contributed by atoms with Crippen LogP contribution in [0.3, 0.4) is 0 Å². The van der Waals surface area contributed by atoms with Gasteiger partial charge < -0.3 is 20.1 Å². The first kappa shape index (κ1) is 15.8. The summed E-state index contributed by atoms with van der Waals surface area (Å²) in [5.74, 6) is 1.10. The topological polar surface area (TPSA) is 61.8 Å². The third-order valence-electron chi connectivity index (χ3n) is 3.40. The van der Waals surface area contributed by atoms with Crippen molar-refractivity contribution in [2.45, 2.75) is 33.0 Å². The van der Waals surface area contributed by atoms with Crippen LogP contribution >= 0.6 is 0 Å². The van der Waals surface area contributed by atoms with Crippen molar-refractivity contribution in [1.29, 1.82) is 0 Å². The Hall–Kier alpha value is -1.59. The van der Waals surface area contributed by atoms with E-state index in [0.29, 0.717) is 18.2 Å². The third kappa shape index (κ3) is 3.95. The van der Waals surface area contributed by atoms with E-state index in [9.17, 15) is 9.90 Å². The van der Waals surface area contributed by atoms with Gasteiger partial charge in [0.2, 0.25) is 0 Å². The molecule has 2 rings (SSSR count). The molecule has 2 atom stereocenters. The van der Waals surface area contributed by atoms with Gasteiger partial charge in [0.1, 0.15) is 5.75 Å². The molecule has 0 fully saturated rings. The van der Waals surface area contributed by atoms with Gasteiger partial charge >= 0.3 is 0 Å². The van der Waals surface area contributed by atoms with Gasteiger partial charge in [0.25, 0.3) is 5.91 Å². The molecule has 0 saturated carbocycles. The minimum Gasteiger partial charge on any atom is -0.479 e. The number of nitrogens with zero attached hydrogens (tertiary/aromatic N) is 1. The number of carbonyl (C=O) groups excluding carboxylic acids is 1. The van der Waals surface area contributed by atoms with Gasteiger partial charge in [-0.25, -0.2) is 0 Å². The van der Waals surface area contributed by atoms with Crippen LogP contribution in [0.4, 0.5) is 5.69 Å². The Balaban J connectivity index is 2.02. The molecule has 0 radical (unpaired) electrons. The molecule has 1 amide bonds. The summed E-state index contributed by atoms with van der Waals surface area (Å²) in [6.45, 7) is 7.55. The molecule has 21 heavy (non-hydrogen) atoms. The predicted molar refractivity (Wildman–Crippen MR) is 82.6 cm³/mol. The fourth-order valence-corrected chi connectivity index (χ4v) is 2.36. The maximum atomic E-state index is 12.3. The van der Waals surface area contributed by atoms with Gasteiger partial charge in [-0.3, -0.25) is 4.79 Å². The summed E-state index contributed by atoms with van der Waals surface area (Å²) < 4.78 is 5.58. The van der Waals surface area contributed by atoms with Crippen molar-refractivity contribution in [3.05, 3.63) is 24.3 Å². The standard InChI is InChI=1S/C16H24N2O3/c1-11(2)8-17-9-13(19)10-18-14-6-4-5-7-15(14)21-12(3)16(18)20/h4-7,11-13,17,19H,8-10H2,1-3H3. The summed E-state index contributed by atoms with van der Waals surface area (Å²) >= 11 is 0. The number of ether oxygens (including phenoxy) is 1. The lowest BCUT2D eigenvalue weighted by Gasteiger charge is -2.34. The summed E-state index contributed by atoms with van der Waals surface area (Å²) in [6, 6.07) is 7.42. The zero-order chi connectivity index (χ0) is 15.4. The predicted octanol–water partition coefficient (Wildman–Crippen LogP) is 1.41. The normalized spacial score (nSPS) is 19.4. The smallest absolute Gasteiger partial charge is 0.267 e. The minimum atomic E-state index is -0.606. The van der Waals surface area contributed by atoms with Gasteiger partial charge in [0.15, 0.2) is 6.10 Å². The Kier molecular flexibility index (Phi) is 5.20. The van der Waals surface area contributed by atoms with Gasteiger partial charge in [0, 0.05) is 6.54 Å². The van der Waals surface area contributed by atoms with Gasteiger partial charge in [0.05, 0.1) is 18.3 Å². The number of benzene rings is 1. The van der Waals surface area contributed by atoms with E-state index in [4.69, 9.17) is 4.74 Å². The largest absolute Gasteiger partial charge is 0.479 e. The van der Waals surface area contributed by atoms with Crippen molar-refractivity contribution in [1.82, 2.24) is 5.32 Å². The quantitative estimate of drug-likeness (QED) is 0.832. The second-order valence-electron chi connectivity index (χ2n) is 5.88. The zero-order valence-corrected chi connectivity index (χ0v) is 12.9. The summed E-state index contributed by atoms with van der Waals surface area (Å²) in [5.41, 5.74) is 0.725. The molecule has 2 N–H and O–H groups in total. The number of anilines is 1. The third-order valence-corrected chi connectivity index (χ3v) is 3.40. The van der Waals surface area contributed by atoms with Crippen LogP contribution in [0.15, 0.2) is 24.3 Å². The van der Waals surface area contributed by atoms with Crippen LogP contribution in [0.2, 0.25) is 0 Å². The number of fused-ring (bicyclic) bond motifs is 1. The first-order valence-corrected chi connectivity index (χ1v) is 7.45. The molecular formula is C16H24N2O3. The molecule has 0 bridgehead atoms. The SMILES string of the molecule is CC(C)CNCC(O)CN1C(=O)C(C)Oc2ccccc21. The zero-order valence-electron chi connectivity index (χ0n) is 12.9. The number of nitrogens with one attached hydrogen (secondary N) is 1. The van der Waals surface area contributed by atoms with Crippen LogP contribution in [-0.2, 0) is 4.79 Å². The minimum absolute atomic E-state index is 0.114. The molecular weight excluding hydrogens is 268 g/mol. The number of para-hydroxylation sites is 2. The number of hydrogen-bond donors (Lipinski definition) is 2. The summed E-state index contributed by atoms with van der Waals surface area (Å²) in [7, 11) is 0. The average Bonchev–Trinajstić information content (AvgIpc) is 2.43. The van der Waals surface area contributed by atoms with E-state index in [1.54, 1.807) is 11.8 Å². The highest BCUT2D eigenvalue weighted by Gasteiger charge is 2.32. The summed E-state index contributed by atoms with van der Waals surface area (Å²) in [5, 5.41) is 13.4. The van der Waals surface area contributed by atoms with E-state index in [1.165, 1.54) is 0 Å². The van der Waals surface area contributed by atoms with Gasteiger partial charge in [-0.15, -0.1) is 0 Å². The van der Waals surface area contributed by atoms with E-state index in [2.05, 4.69) is 19.2 Å². The molecule has 0 aliphatic carbocycles. The van der Waals surface area contributed by atoms with Crippen LogP contribution in [0.5, 0.6) is 5.75 Å².